The maximum Gasteiger partial charge on any atom is 0.142 e. The van der Waals surface area contributed by atoms with Crippen molar-refractivity contribution in [2.75, 3.05) is 0 Å². The minimum absolute atomic E-state index is 0.294. The third kappa shape index (κ3) is 3.17. The number of hydrogen-bond acceptors (Lipinski definition) is 2. The summed E-state index contributed by atoms with van der Waals surface area (Å²) >= 11 is 0. The largest absolute Gasteiger partial charge is 0.390 e. The van der Waals surface area contributed by atoms with Crippen molar-refractivity contribution in [3.8, 4) is 0 Å². The van der Waals surface area contributed by atoms with Gasteiger partial charge in [-0.3, -0.25) is 0 Å². The topological polar surface area (TPSA) is 21.6 Å². The van der Waals surface area contributed by atoms with Crippen molar-refractivity contribution >= 4 is 6.21 Å². The van der Waals surface area contributed by atoms with Crippen molar-refractivity contribution in [3.63, 3.8) is 0 Å². The highest BCUT2D eigenvalue weighted by Crippen LogP contribution is 2.08. The molecule has 0 saturated carbocycles. The van der Waals surface area contributed by atoms with E-state index >= 15 is 0 Å². The molecule has 0 aromatic heterocycles. The predicted molar refractivity (Wildman–Crippen MR) is 68.9 cm³/mol. The van der Waals surface area contributed by atoms with Gasteiger partial charge in [0, 0.05) is 5.56 Å². The van der Waals surface area contributed by atoms with Crippen LogP contribution in [-0.4, -0.2) is 6.21 Å². The highest BCUT2D eigenvalue weighted by atomic mass is 19.1. The van der Waals surface area contributed by atoms with Gasteiger partial charge in [-0.25, -0.2) is 4.39 Å². The van der Waals surface area contributed by atoms with Gasteiger partial charge in [-0.15, -0.1) is 0 Å². The van der Waals surface area contributed by atoms with Crippen LogP contribution in [0.5, 0.6) is 0 Å². The summed E-state index contributed by atoms with van der Waals surface area (Å²) in [6.45, 7) is 2.36. The van der Waals surface area contributed by atoms with Crippen LogP contribution < -0.4 is 0 Å². The second-order valence-electron chi connectivity index (χ2n) is 3.88. The van der Waals surface area contributed by atoms with E-state index in [0.717, 1.165) is 11.1 Å². The zero-order valence-corrected chi connectivity index (χ0v) is 10.1. The Morgan fingerprint density at radius 2 is 1.83 bits per heavy atom. The van der Waals surface area contributed by atoms with E-state index < -0.39 is 0 Å². The number of benzene rings is 2. The van der Waals surface area contributed by atoms with Gasteiger partial charge in [0.15, 0.2) is 0 Å². The normalized spacial score (nSPS) is 10.8. The Morgan fingerprint density at radius 1 is 1.11 bits per heavy atom. The standard InChI is InChI=1S/C15H13FNO/c1-12-6-2-3-8-14(12)11-18-17-10-13-7-4-5-9-15(13)16/h2-9H,11H2,1H3. The molecule has 0 atom stereocenters. The minimum Gasteiger partial charge on any atom is -0.390 e. The van der Waals surface area contributed by atoms with Crippen molar-refractivity contribution in [2.45, 2.75) is 13.5 Å². The van der Waals surface area contributed by atoms with Crippen LogP contribution in [0.4, 0.5) is 4.39 Å². The molecule has 0 bridgehead atoms. The number of rotatable bonds is 4. The SMILES string of the molecule is Cc1ccccc1CO/N=[C]\c1ccccc1F. The van der Waals surface area contributed by atoms with Gasteiger partial charge in [0.25, 0.3) is 0 Å². The van der Waals surface area contributed by atoms with Crippen LogP contribution in [0.1, 0.15) is 16.7 Å². The molecule has 2 aromatic rings. The van der Waals surface area contributed by atoms with Crippen molar-refractivity contribution in [1.29, 1.82) is 0 Å². The van der Waals surface area contributed by atoms with Crippen molar-refractivity contribution in [1.82, 2.24) is 0 Å². The third-order valence-corrected chi connectivity index (χ3v) is 2.59. The smallest absolute Gasteiger partial charge is 0.142 e. The lowest BCUT2D eigenvalue weighted by Crippen LogP contribution is -1.92. The second-order valence-corrected chi connectivity index (χ2v) is 3.88. The van der Waals surface area contributed by atoms with E-state index in [0.29, 0.717) is 12.2 Å². The Morgan fingerprint density at radius 3 is 2.61 bits per heavy atom. The summed E-state index contributed by atoms with van der Waals surface area (Å²) in [7, 11) is 0. The van der Waals surface area contributed by atoms with E-state index in [9.17, 15) is 4.39 Å². The second kappa shape index (κ2) is 5.96. The first-order valence-electron chi connectivity index (χ1n) is 5.64. The van der Waals surface area contributed by atoms with Gasteiger partial charge in [-0.1, -0.05) is 41.6 Å². The molecule has 0 N–H and O–H groups in total. The maximum atomic E-state index is 13.2. The van der Waals surface area contributed by atoms with Gasteiger partial charge in [0.1, 0.15) is 18.6 Å². The average Bonchev–Trinajstić information content (AvgIpc) is 2.38. The molecule has 0 aliphatic carbocycles. The minimum atomic E-state index is -0.360. The first-order valence-corrected chi connectivity index (χ1v) is 5.64. The summed E-state index contributed by atoms with van der Waals surface area (Å²) in [5.41, 5.74) is 2.48. The lowest BCUT2D eigenvalue weighted by molar-refractivity contribution is 0.131. The van der Waals surface area contributed by atoms with Gasteiger partial charge in [-0.2, -0.15) is 0 Å². The van der Waals surface area contributed by atoms with Gasteiger partial charge in [-0.05, 0) is 30.2 Å². The van der Waals surface area contributed by atoms with E-state index in [1.165, 1.54) is 6.07 Å². The third-order valence-electron chi connectivity index (χ3n) is 2.59. The fraction of sp³-hybridized carbons (Fsp3) is 0.133. The van der Waals surface area contributed by atoms with Gasteiger partial charge < -0.3 is 4.84 Å². The highest BCUT2D eigenvalue weighted by molar-refractivity contribution is 5.79. The monoisotopic (exact) mass is 242 g/mol. The molecular weight excluding hydrogens is 229 g/mol. The summed E-state index contributed by atoms with van der Waals surface area (Å²) in [6.07, 6.45) is 2.53. The van der Waals surface area contributed by atoms with E-state index in [1.54, 1.807) is 18.2 Å². The lowest BCUT2D eigenvalue weighted by atomic mass is 10.1. The van der Waals surface area contributed by atoms with Crippen LogP contribution in [0, 0.1) is 12.7 Å². The van der Waals surface area contributed by atoms with Crippen molar-refractivity contribution < 1.29 is 9.23 Å². The van der Waals surface area contributed by atoms with Crippen LogP contribution in [0.25, 0.3) is 0 Å². The maximum absolute atomic E-state index is 13.2. The molecule has 2 nitrogen and oxygen atoms in total. The molecule has 0 saturated heterocycles. The average molecular weight is 242 g/mol. The molecule has 91 valence electrons. The van der Waals surface area contributed by atoms with E-state index in [-0.39, 0.29) is 5.82 Å². The molecule has 2 aromatic carbocycles. The van der Waals surface area contributed by atoms with Crippen molar-refractivity contribution in [2.24, 2.45) is 5.16 Å². The number of hydrogen-bond donors (Lipinski definition) is 0. The van der Waals surface area contributed by atoms with E-state index in [2.05, 4.69) is 11.4 Å². The predicted octanol–water partition coefficient (Wildman–Crippen LogP) is 3.56. The van der Waals surface area contributed by atoms with Crippen LogP contribution in [0.3, 0.4) is 0 Å². The fourth-order valence-corrected chi connectivity index (χ4v) is 1.51. The van der Waals surface area contributed by atoms with Crippen LogP contribution in [-0.2, 0) is 11.4 Å². The first-order chi connectivity index (χ1) is 8.77. The molecular formula is C15H13FNO. The van der Waals surface area contributed by atoms with Crippen LogP contribution in [0.15, 0.2) is 53.7 Å². The number of nitrogens with zero attached hydrogens (tertiary/aromatic N) is 1. The molecule has 0 heterocycles. The Balaban J connectivity index is 1.93. The Hall–Kier alpha value is -2.16. The zero-order chi connectivity index (χ0) is 12.8. The van der Waals surface area contributed by atoms with Crippen LogP contribution in [0.2, 0.25) is 0 Å². The molecule has 3 heteroatoms. The summed E-state index contributed by atoms with van der Waals surface area (Å²) in [6, 6.07) is 14.2. The summed E-state index contributed by atoms with van der Waals surface area (Å²) in [5.74, 6) is -0.360. The molecule has 0 aliphatic heterocycles. The summed E-state index contributed by atoms with van der Waals surface area (Å²) in [4.78, 5) is 5.11. The summed E-state index contributed by atoms with van der Waals surface area (Å²) in [5, 5.41) is 3.65. The van der Waals surface area contributed by atoms with Crippen molar-refractivity contribution in [3.05, 3.63) is 71.0 Å². The molecule has 0 unspecified atom stereocenters. The Kier molecular flexibility index (Phi) is 4.07. The molecule has 0 aliphatic rings. The molecule has 1 radical (unpaired) electrons. The van der Waals surface area contributed by atoms with Gasteiger partial charge in [0.2, 0.25) is 0 Å². The van der Waals surface area contributed by atoms with E-state index in [1.807, 2.05) is 31.2 Å². The van der Waals surface area contributed by atoms with Crippen LogP contribution >= 0.6 is 0 Å². The number of aryl methyl sites for hydroxylation is 1. The lowest BCUT2D eigenvalue weighted by Gasteiger charge is -2.02. The Bertz CT molecular complexity index is 552. The fourth-order valence-electron chi connectivity index (χ4n) is 1.51. The molecule has 18 heavy (non-hydrogen) atoms. The molecule has 0 amide bonds. The Labute approximate surface area is 106 Å². The number of halogens is 1. The summed E-state index contributed by atoms with van der Waals surface area (Å²) < 4.78 is 13.2. The molecule has 2 rings (SSSR count). The van der Waals surface area contributed by atoms with E-state index in [4.69, 9.17) is 4.84 Å². The highest BCUT2D eigenvalue weighted by Gasteiger charge is 1.98. The quantitative estimate of drug-likeness (QED) is 0.593. The van der Waals surface area contributed by atoms with Gasteiger partial charge >= 0.3 is 0 Å². The zero-order valence-electron chi connectivity index (χ0n) is 10.1. The molecule has 0 spiro atoms. The van der Waals surface area contributed by atoms with Gasteiger partial charge in [0.05, 0.1) is 0 Å². The molecule has 0 fully saturated rings. The first kappa shape index (κ1) is 12.3.